The summed E-state index contributed by atoms with van der Waals surface area (Å²) in [6.07, 6.45) is 14.8. The fourth-order valence-corrected chi connectivity index (χ4v) is 3.82. The third-order valence-electron chi connectivity index (χ3n) is 4.45. The van der Waals surface area contributed by atoms with E-state index in [1.807, 2.05) is 0 Å². The minimum Gasteiger partial charge on any atom is -0.342 e. The molecule has 1 heterocycles. The van der Waals surface area contributed by atoms with Crippen LogP contribution in [0, 0.1) is 5.92 Å². The molecule has 1 saturated heterocycles. The molecule has 5 nitrogen and oxygen atoms in total. The molecule has 1 aliphatic rings. The first-order chi connectivity index (χ1) is 10.9. The van der Waals surface area contributed by atoms with Gasteiger partial charge in [0.2, 0.25) is 0 Å². The Morgan fingerprint density at radius 1 is 0.870 bits per heavy atom. The highest BCUT2D eigenvalue weighted by molar-refractivity contribution is 7.82. The Morgan fingerprint density at radius 3 is 1.87 bits per heavy atom. The van der Waals surface area contributed by atoms with Crippen LogP contribution in [0.3, 0.4) is 0 Å². The van der Waals surface area contributed by atoms with Crippen molar-refractivity contribution in [1.29, 1.82) is 0 Å². The lowest BCUT2D eigenvalue weighted by Gasteiger charge is -2.33. The maximum Gasteiger partial charge on any atom is 0.409 e. The van der Waals surface area contributed by atoms with Crippen LogP contribution in [0.4, 0.5) is 0 Å². The topological polar surface area (TPSA) is 72.8 Å². The Bertz CT molecular complexity index is 395. The van der Waals surface area contributed by atoms with Crippen molar-refractivity contribution in [2.45, 2.75) is 103 Å². The molecule has 0 bridgehead atoms. The van der Waals surface area contributed by atoms with E-state index in [-0.39, 0.29) is 6.42 Å². The van der Waals surface area contributed by atoms with Crippen LogP contribution < -0.4 is 0 Å². The Morgan fingerprint density at radius 2 is 1.35 bits per heavy atom. The lowest BCUT2D eigenvalue weighted by molar-refractivity contribution is -0.329. The van der Waals surface area contributed by atoms with E-state index < -0.39 is 16.4 Å². The van der Waals surface area contributed by atoms with Gasteiger partial charge in [-0.05, 0) is 12.3 Å². The zero-order valence-electron chi connectivity index (χ0n) is 14.8. The molecule has 1 N–H and O–H groups in total. The van der Waals surface area contributed by atoms with Crippen LogP contribution in [0.1, 0.15) is 97.3 Å². The molecule has 0 saturated carbocycles. The second-order valence-corrected chi connectivity index (χ2v) is 8.05. The van der Waals surface area contributed by atoms with Crippen LogP contribution in [0.15, 0.2) is 0 Å². The molecule has 0 aromatic rings. The normalized spacial score (nSPS) is 20.1. The van der Waals surface area contributed by atoms with E-state index >= 15 is 0 Å². The van der Waals surface area contributed by atoms with Gasteiger partial charge in [0.25, 0.3) is 0 Å². The fraction of sp³-hybridized carbons (Fsp3) is 1.00. The smallest absolute Gasteiger partial charge is 0.342 e. The van der Waals surface area contributed by atoms with Crippen molar-refractivity contribution < 1.29 is 21.9 Å². The summed E-state index contributed by atoms with van der Waals surface area (Å²) < 4.78 is 30.0. The molecule has 23 heavy (non-hydrogen) atoms. The van der Waals surface area contributed by atoms with Crippen LogP contribution in [-0.4, -0.2) is 19.5 Å². The first-order valence-electron chi connectivity index (χ1n) is 9.25. The number of unbranched alkanes of at least 4 members (excludes halogenated alkanes) is 8. The molecule has 0 aromatic carbocycles. The average Bonchev–Trinajstić information content (AvgIpc) is 2.44. The summed E-state index contributed by atoms with van der Waals surface area (Å²) in [5.74, 6) is -1.02. The van der Waals surface area contributed by atoms with Gasteiger partial charge in [0.15, 0.2) is 0 Å². The van der Waals surface area contributed by atoms with Crippen molar-refractivity contribution in [3.8, 4) is 0 Å². The van der Waals surface area contributed by atoms with Gasteiger partial charge in [0, 0.05) is 6.42 Å². The van der Waals surface area contributed by atoms with E-state index in [1.165, 1.54) is 57.8 Å². The van der Waals surface area contributed by atoms with Crippen LogP contribution in [-0.2, 0) is 18.8 Å². The highest BCUT2D eigenvalue weighted by atomic mass is 32.3. The lowest BCUT2D eigenvalue weighted by atomic mass is 9.97. The molecule has 0 aromatic heterocycles. The van der Waals surface area contributed by atoms with Crippen LogP contribution in [0.5, 0.6) is 0 Å². The molecule has 1 atom stereocenters. The minimum atomic E-state index is -3.91. The van der Waals surface area contributed by atoms with Gasteiger partial charge in [-0.15, -0.1) is 0 Å². The van der Waals surface area contributed by atoms with E-state index in [9.17, 15) is 13.5 Å². The van der Waals surface area contributed by atoms with Crippen molar-refractivity contribution in [3.63, 3.8) is 0 Å². The van der Waals surface area contributed by atoms with Gasteiger partial charge in [-0.1, -0.05) is 84.5 Å². The standard InChI is InChI=1S/C17H34O5S/c1-3-4-13-16(2)14-11-9-7-5-6-8-10-12-15-17(18)21-23(19,20)22-17/h16,18H,3-15H2,1-2H3. The Labute approximate surface area is 142 Å². The number of hydrogen-bond donors (Lipinski definition) is 1. The monoisotopic (exact) mass is 350 g/mol. The van der Waals surface area contributed by atoms with Gasteiger partial charge in [-0.3, -0.25) is 0 Å². The van der Waals surface area contributed by atoms with Gasteiger partial charge < -0.3 is 5.11 Å². The lowest BCUT2D eigenvalue weighted by Crippen LogP contribution is -2.50. The van der Waals surface area contributed by atoms with Crippen LogP contribution in [0.2, 0.25) is 0 Å². The van der Waals surface area contributed by atoms with Crippen LogP contribution in [0.25, 0.3) is 0 Å². The maximum atomic E-state index is 10.7. The predicted molar refractivity (Wildman–Crippen MR) is 90.9 cm³/mol. The van der Waals surface area contributed by atoms with E-state index in [2.05, 4.69) is 22.2 Å². The van der Waals surface area contributed by atoms with E-state index in [0.717, 1.165) is 18.8 Å². The highest BCUT2D eigenvalue weighted by Crippen LogP contribution is 2.32. The predicted octanol–water partition coefficient (Wildman–Crippen LogP) is 4.65. The van der Waals surface area contributed by atoms with Gasteiger partial charge in [0.05, 0.1) is 0 Å². The summed E-state index contributed by atoms with van der Waals surface area (Å²) in [6, 6.07) is 0. The Balaban J connectivity index is 1.82. The molecule has 138 valence electrons. The highest BCUT2D eigenvalue weighted by Gasteiger charge is 2.50. The molecule has 0 radical (unpaired) electrons. The van der Waals surface area contributed by atoms with Gasteiger partial charge in [0.1, 0.15) is 0 Å². The molecule has 6 heteroatoms. The van der Waals surface area contributed by atoms with Crippen molar-refractivity contribution in [2.75, 3.05) is 0 Å². The molecule has 0 spiro atoms. The van der Waals surface area contributed by atoms with Gasteiger partial charge in [-0.2, -0.15) is 16.8 Å². The molecular weight excluding hydrogens is 316 g/mol. The van der Waals surface area contributed by atoms with Crippen LogP contribution >= 0.6 is 0 Å². The first kappa shape index (κ1) is 20.9. The molecule has 1 rings (SSSR count). The summed E-state index contributed by atoms with van der Waals surface area (Å²) in [5.41, 5.74) is 0. The van der Waals surface area contributed by atoms with E-state index in [0.29, 0.717) is 6.42 Å². The van der Waals surface area contributed by atoms with Gasteiger partial charge >= 0.3 is 16.4 Å². The first-order valence-corrected chi connectivity index (χ1v) is 10.6. The number of aliphatic hydroxyl groups is 1. The van der Waals surface area contributed by atoms with Crippen molar-refractivity contribution >= 4 is 10.4 Å². The summed E-state index contributed by atoms with van der Waals surface area (Å²) in [7, 11) is -3.91. The molecule has 1 aliphatic heterocycles. The molecule has 1 unspecified atom stereocenters. The third kappa shape index (κ3) is 9.65. The molecular formula is C17H34O5S. The number of hydrogen-bond acceptors (Lipinski definition) is 5. The summed E-state index contributed by atoms with van der Waals surface area (Å²) in [5, 5.41) is 9.52. The largest absolute Gasteiger partial charge is 0.409 e. The van der Waals surface area contributed by atoms with Crippen molar-refractivity contribution in [1.82, 2.24) is 0 Å². The number of rotatable bonds is 14. The van der Waals surface area contributed by atoms with Gasteiger partial charge in [-0.25, -0.2) is 0 Å². The third-order valence-corrected chi connectivity index (χ3v) is 5.38. The molecule has 1 fully saturated rings. The second kappa shape index (κ2) is 10.6. The minimum absolute atomic E-state index is 0.210. The van der Waals surface area contributed by atoms with E-state index in [1.54, 1.807) is 0 Å². The summed E-state index contributed by atoms with van der Waals surface area (Å²) in [6.45, 7) is 4.62. The van der Waals surface area contributed by atoms with Crippen molar-refractivity contribution in [2.24, 2.45) is 5.92 Å². The maximum absolute atomic E-state index is 10.7. The Hall–Kier alpha value is -0.170. The second-order valence-electron chi connectivity index (χ2n) is 6.90. The SMILES string of the molecule is CCCCC(C)CCCCCCCCCCC1(O)OS(=O)(=O)O1. The molecule has 0 amide bonds. The van der Waals surface area contributed by atoms with Crippen molar-refractivity contribution in [3.05, 3.63) is 0 Å². The quantitative estimate of drug-likeness (QED) is 0.462. The summed E-state index contributed by atoms with van der Waals surface area (Å²) >= 11 is 0. The summed E-state index contributed by atoms with van der Waals surface area (Å²) in [4.78, 5) is 0. The zero-order chi connectivity index (χ0) is 17.2. The fourth-order valence-electron chi connectivity index (χ4n) is 3.01. The average molecular weight is 351 g/mol. The molecule has 0 aliphatic carbocycles. The Kier molecular flexibility index (Phi) is 9.66. The van der Waals surface area contributed by atoms with E-state index in [4.69, 9.17) is 0 Å². The zero-order valence-corrected chi connectivity index (χ0v) is 15.6.